The summed E-state index contributed by atoms with van der Waals surface area (Å²) in [6.07, 6.45) is 13.7. The van der Waals surface area contributed by atoms with Gasteiger partial charge in [-0.05, 0) is 94.0 Å². The highest BCUT2D eigenvalue weighted by molar-refractivity contribution is 5.36. The van der Waals surface area contributed by atoms with Crippen LogP contribution in [0.3, 0.4) is 0 Å². The van der Waals surface area contributed by atoms with Gasteiger partial charge in [-0.3, -0.25) is 0 Å². The molecule has 170 valence electrons. The molecule has 0 aromatic rings. The first kappa shape index (κ1) is 23.8. The van der Waals surface area contributed by atoms with Crippen molar-refractivity contribution >= 4 is 0 Å². The van der Waals surface area contributed by atoms with E-state index in [9.17, 15) is 15.3 Å². The predicted molar refractivity (Wildman–Crippen MR) is 124 cm³/mol. The molecule has 30 heavy (non-hydrogen) atoms. The van der Waals surface area contributed by atoms with Gasteiger partial charge in [-0.2, -0.15) is 0 Å². The topological polar surface area (TPSA) is 60.7 Å². The van der Waals surface area contributed by atoms with Crippen LogP contribution in [0.2, 0.25) is 0 Å². The Morgan fingerprint density at radius 1 is 1.23 bits per heavy atom. The Balaban J connectivity index is 1.74. The van der Waals surface area contributed by atoms with Crippen molar-refractivity contribution in [2.75, 3.05) is 0 Å². The molecule has 0 unspecified atom stereocenters. The second-order valence-corrected chi connectivity index (χ2v) is 11.4. The molecule has 6 atom stereocenters. The molecule has 0 bridgehead atoms. The maximum atomic E-state index is 11.1. The Morgan fingerprint density at radius 2 is 1.97 bits per heavy atom. The maximum Gasteiger partial charge on any atom is 0.0591 e. The number of fused-ring (bicyclic) bond motifs is 1. The fraction of sp³-hybridized carbons (Fsp3) is 0.778. The molecule has 0 aromatic carbocycles. The van der Waals surface area contributed by atoms with Crippen molar-refractivity contribution < 1.29 is 15.3 Å². The van der Waals surface area contributed by atoms with E-state index in [4.69, 9.17) is 0 Å². The lowest BCUT2D eigenvalue weighted by Gasteiger charge is -2.44. The van der Waals surface area contributed by atoms with Crippen molar-refractivity contribution in [1.82, 2.24) is 0 Å². The van der Waals surface area contributed by atoms with Gasteiger partial charge in [0.25, 0.3) is 0 Å². The fourth-order valence-corrected chi connectivity index (χ4v) is 6.75. The minimum atomic E-state index is -0.606. The maximum absolute atomic E-state index is 11.1. The monoisotopic (exact) mass is 416 g/mol. The lowest BCUT2D eigenvalue weighted by molar-refractivity contribution is 0.0223. The van der Waals surface area contributed by atoms with Gasteiger partial charge in [-0.15, -0.1) is 0 Å². The third-order valence-electron chi connectivity index (χ3n) is 8.33. The van der Waals surface area contributed by atoms with Gasteiger partial charge in [0, 0.05) is 0 Å². The van der Waals surface area contributed by atoms with Crippen molar-refractivity contribution in [3.63, 3.8) is 0 Å². The number of hydrogen-bond donors (Lipinski definition) is 3. The summed E-state index contributed by atoms with van der Waals surface area (Å²) in [5, 5.41) is 31.2. The van der Waals surface area contributed by atoms with Gasteiger partial charge >= 0.3 is 0 Å². The van der Waals surface area contributed by atoms with Gasteiger partial charge in [0.15, 0.2) is 0 Å². The van der Waals surface area contributed by atoms with Gasteiger partial charge in [-0.1, -0.05) is 56.6 Å². The van der Waals surface area contributed by atoms with Crippen LogP contribution in [0.1, 0.15) is 91.9 Å². The molecule has 0 saturated heterocycles. The molecular formula is C27H44O3. The van der Waals surface area contributed by atoms with Gasteiger partial charge in [0.1, 0.15) is 0 Å². The molecule has 3 aliphatic rings. The average molecular weight is 417 g/mol. The molecule has 0 spiro atoms. The number of aliphatic hydroxyl groups is 3. The lowest BCUT2D eigenvalue weighted by atomic mass is 9.60. The average Bonchev–Trinajstić information content (AvgIpc) is 2.91. The summed E-state index contributed by atoms with van der Waals surface area (Å²) >= 11 is 0. The Bertz CT molecular complexity index is 683. The molecular weight excluding hydrogens is 372 g/mol. The summed E-state index contributed by atoms with van der Waals surface area (Å²) in [6, 6.07) is 0. The molecule has 3 saturated carbocycles. The third kappa shape index (κ3) is 5.29. The van der Waals surface area contributed by atoms with E-state index in [0.29, 0.717) is 24.2 Å². The van der Waals surface area contributed by atoms with E-state index in [0.717, 1.165) is 44.9 Å². The highest BCUT2D eigenvalue weighted by Gasteiger charge is 2.54. The number of aliphatic hydroxyl groups excluding tert-OH is 2. The number of hydrogen-bond acceptors (Lipinski definition) is 3. The molecule has 3 aliphatic carbocycles. The zero-order chi connectivity index (χ0) is 22.1. The second-order valence-electron chi connectivity index (χ2n) is 11.4. The predicted octanol–water partition coefficient (Wildman–Crippen LogP) is 5.70. The Hall–Kier alpha value is -0.900. The van der Waals surface area contributed by atoms with Crippen molar-refractivity contribution in [2.24, 2.45) is 23.2 Å². The molecule has 0 radical (unpaired) electrons. The first-order valence-corrected chi connectivity index (χ1v) is 12.2. The van der Waals surface area contributed by atoms with Crippen LogP contribution in [0.15, 0.2) is 35.5 Å². The summed E-state index contributed by atoms with van der Waals surface area (Å²) in [7, 11) is 0. The van der Waals surface area contributed by atoms with Crippen LogP contribution in [0.5, 0.6) is 0 Å². The highest BCUT2D eigenvalue weighted by Crippen LogP contribution is 2.60. The molecule has 0 aromatic heterocycles. The molecule has 0 heterocycles. The second kappa shape index (κ2) is 9.30. The van der Waals surface area contributed by atoms with E-state index in [1.54, 1.807) is 0 Å². The van der Waals surface area contributed by atoms with Gasteiger partial charge in [0.2, 0.25) is 0 Å². The van der Waals surface area contributed by atoms with Crippen molar-refractivity contribution in [3.05, 3.63) is 35.5 Å². The number of rotatable bonds is 6. The quantitative estimate of drug-likeness (QED) is 0.520. The summed E-state index contributed by atoms with van der Waals surface area (Å²) in [6.45, 7) is 12.7. The molecule has 3 N–H and O–H groups in total. The summed E-state index contributed by atoms with van der Waals surface area (Å²) in [5.41, 5.74) is 3.39. The molecule has 0 aliphatic heterocycles. The zero-order valence-electron chi connectivity index (χ0n) is 19.7. The van der Waals surface area contributed by atoms with E-state index >= 15 is 0 Å². The van der Waals surface area contributed by atoms with Crippen LogP contribution >= 0.6 is 0 Å². The van der Waals surface area contributed by atoms with Crippen LogP contribution in [0, 0.1) is 23.2 Å². The van der Waals surface area contributed by atoms with Crippen LogP contribution in [0.4, 0.5) is 0 Å². The summed E-state index contributed by atoms with van der Waals surface area (Å²) < 4.78 is 0. The van der Waals surface area contributed by atoms with Crippen LogP contribution in [0.25, 0.3) is 0 Å². The molecule has 3 rings (SSSR count). The Kier molecular flexibility index (Phi) is 7.37. The minimum Gasteiger partial charge on any atom is -0.393 e. The van der Waals surface area contributed by atoms with Crippen LogP contribution < -0.4 is 0 Å². The van der Waals surface area contributed by atoms with E-state index in [2.05, 4.69) is 32.6 Å². The van der Waals surface area contributed by atoms with Crippen molar-refractivity contribution in [2.45, 2.75) is 110 Å². The largest absolute Gasteiger partial charge is 0.393 e. The lowest BCUT2D eigenvalue weighted by Crippen LogP contribution is -2.38. The van der Waals surface area contributed by atoms with Crippen LogP contribution in [-0.4, -0.2) is 33.1 Å². The van der Waals surface area contributed by atoms with E-state index in [-0.39, 0.29) is 17.6 Å². The first-order valence-electron chi connectivity index (χ1n) is 12.2. The Labute approximate surface area is 184 Å². The van der Waals surface area contributed by atoms with Crippen molar-refractivity contribution in [1.29, 1.82) is 0 Å². The Morgan fingerprint density at radius 3 is 2.67 bits per heavy atom. The van der Waals surface area contributed by atoms with Gasteiger partial charge < -0.3 is 15.3 Å². The zero-order valence-corrected chi connectivity index (χ0v) is 19.7. The summed E-state index contributed by atoms with van der Waals surface area (Å²) in [5.74, 6) is 1.23. The summed E-state index contributed by atoms with van der Waals surface area (Å²) in [4.78, 5) is 0. The van der Waals surface area contributed by atoms with E-state index in [1.165, 1.54) is 29.6 Å². The highest BCUT2D eigenvalue weighted by atomic mass is 16.3. The van der Waals surface area contributed by atoms with E-state index in [1.807, 2.05) is 13.8 Å². The smallest absolute Gasteiger partial charge is 0.0591 e. The normalized spacial score (nSPS) is 38.8. The SMILES string of the molecule is C=C1CC[C@H](O)C/C1=C\C=C1/CCC[C@@]2(C)[C@@H]([C@H](C)CCCC(C)(C)O)[C@H](O)C[C@@H]12. The minimum absolute atomic E-state index is 0.152. The molecule has 3 fully saturated rings. The van der Waals surface area contributed by atoms with Gasteiger partial charge in [-0.25, -0.2) is 0 Å². The first-order chi connectivity index (χ1) is 14.0. The van der Waals surface area contributed by atoms with Gasteiger partial charge in [0.05, 0.1) is 17.8 Å². The molecule has 3 heteroatoms. The fourth-order valence-electron chi connectivity index (χ4n) is 6.75. The van der Waals surface area contributed by atoms with E-state index < -0.39 is 5.60 Å². The molecule has 0 amide bonds. The number of allylic oxidation sites excluding steroid dienone is 4. The van der Waals surface area contributed by atoms with Crippen molar-refractivity contribution in [3.8, 4) is 0 Å². The van der Waals surface area contributed by atoms with Crippen LogP contribution in [-0.2, 0) is 0 Å². The molecule has 3 nitrogen and oxygen atoms in total. The standard InChI is InChI=1S/C27H44O3/c1-18-10-13-22(28)16-21(18)12-11-20-9-7-15-27(5)23(20)17-24(29)25(27)19(2)8-6-14-26(3,4)30/h11-12,19,22-25,28-30H,1,6-10,13-17H2,2-5H3/b20-11+,21-12+/t19-,22+,23+,24-,25+,27-/m1/s1. The third-order valence-corrected chi connectivity index (χ3v) is 8.33.